The topological polar surface area (TPSA) is 72.1 Å². The van der Waals surface area contributed by atoms with Gasteiger partial charge in [-0.05, 0) is 6.07 Å². The molecule has 58 valence electrons. The Morgan fingerprint density at radius 1 is 1.55 bits per heavy atom. The van der Waals surface area contributed by atoms with Crippen LogP contribution in [0.1, 0.15) is 0 Å². The first-order chi connectivity index (χ1) is 5.22. The van der Waals surface area contributed by atoms with Crippen LogP contribution in [-0.4, -0.2) is 16.0 Å². The van der Waals surface area contributed by atoms with Gasteiger partial charge in [0.05, 0.1) is 0 Å². The lowest BCUT2D eigenvalue weighted by atomic mass is 10.7. The molecule has 1 rings (SSSR count). The van der Waals surface area contributed by atoms with Crippen molar-refractivity contribution in [2.24, 2.45) is 5.73 Å². The quantitative estimate of drug-likeness (QED) is 0.591. The second-order valence-electron chi connectivity index (χ2n) is 1.70. The second-order valence-corrected chi connectivity index (χ2v) is 2.10. The molecule has 11 heavy (non-hydrogen) atoms. The standard InChI is InChI=1S/C5H6N4OS/c6-4(10)9(11)5-7-2-1-3-8-5/h1-3,11H,(H2,6,10). The van der Waals surface area contributed by atoms with E-state index < -0.39 is 6.03 Å². The van der Waals surface area contributed by atoms with Crippen molar-refractivity contribution in [1.82, 2.24) is 9.97 Å². The zero-order chi connectivity index (χ0) is 8.27. The molecular weight excluding hydrogens is 164 g/mol. The van der Waals surface area contributed by atoms with Crippen LogP contribution in [0.25, 0.3) is 0 Å². The van der Waals surface area contributed by atoms with Gasteiger partial charge in [0.25, 0.3) is 0 Å². The van der Waals surface area contributed by atoms with E-state index in [2.05, 4.69) is 22.8 Å². The lowest BCUT2D eigenvalue weighted by Gasteiger charge is -2.07. The third-order valence-corrected chi connectivity index (χ3v) is 1.33. The number of nitrogens with two attached hydrogens (primary N) is 1. The lowest BCUT2D eigenvalue weighted by molar-refractivity contribution is 0.257. The van der Waals surface area contributed by atoms with E-state index in [0.717, 1.165) is 4.31 Å². The Morgan fingerprint density at radius 2 is 2.09 bits per heavy atom. The number of hydrogen-bond acceptors (Lipinski definition) is 4. The highest BCUT2D eigenvalue weighted by Crippen LogP contribution is 2.05. The van der Waals surface area contributed by atoms with Crippen molar-refractivity contribution in [2.75, 3.05) is 4.31 Å². The summed E-state index contributed by atoms with van der Waals surface area (Å²) in [5, 5.41) is 0. The summed E-state index contributed by atoms with van der Waals surface area (Å²) >= 11 is 3.75. The third kappa shape index (κ3) is 1.81. The highest BCUT2D eigenvalue weighted by atomic mass is 32.1. The van der Waals surface area contributed by atoms with Crippen LogP contribution in [0, 0.1) is 0 Å². The van der Waals surface area contributed by atoms with Crippen molar-refractivity contribution in [3.8, 4) is 0 Å². The zero-order valence-electron chi connectivity index (χ0n) is 5.51. The van der Waals surface area contributed by atoms with Gasteiger partial charge in [0.15, 0.2) is 0 Å². The molecule has 0 unspecified atom stereocenters. The molecular formula is C5H6N4OS. The number of rotatable bonds is 1. The fourth-order valence-electron chi connectivity index (χ4n) is 0.499. The number of urea groups is 1. The fourth-order valence-corrected chi connectivity index (χ4v) is 0.602. The van der Waals surface area contributed by atoms with Crippen LogP contribution >= 0.6 is 12.8 Å². The maximum atomic E-state index is 10.5. The highest BCUT2D eigenvalue weighted by Gasteiger charge is 2.08. The van der Waals surface area contributed by atoms with E-state index in [1.165, 1.54) is 12.4 Å². The Hall–Kier alpha value is -1.30. The zero-order valence-corrected chi connectivity index (χ0v) is 6.40. The smallest absolute Gasteiger partial charge is 0.331 e. The van der Waals surface area contributed by atoms with Gasteiger partial charge in [-0.2, -0.15) is 0 Å². The van der Waals surface area contributed by atoms with Crippen LogP contribution in [0.5, 0.6) is 0 Å². The molecule has 0 atom stereocenters. The molecule has 1 aromatic heterocycles. The van der Waals surface area contributed by atoms with Gasteiger partial charge < -0.3 is 5.73 Å². The second kappa shape index (κ2) is 3.20. The van der Waals surface area contributed by atoms with Gasteiger partial charge in [-0.3, -0.25) is 0 Å². The Morgan fingerprint density at radius 3 is 2.55 bits per heavy atom. The molecule has 1 aromatic rings. The lowest BCUT2D eigenvalue weighted by Crippen LogP contribution is -2.28. The summed E-state index contributed by atoms with van der Waals surface area (Å²) in [6, 6.07) is 0.922. The minimum Gasteiger partial charge on any atom is -0.350 e. The SMILES string of the molecule is NC(=O)N(S)c1ncccn1. The van der Waals surface area contributed by atoms with Crippen LogP contribution in [-0.2, 0) is 0 Å². The van der Waals surface area contributed by atoms with E-state index in [-0.39, 0.29) is 5.95 Å². The van der Waals surface area contributed by atoms with Crippen LogP contribution in [0.15, 0.2) is 18.5 Å². The Bertz CT molecular complexity index is 252. The number of aromatic nitrogens is 2. The predicted molar refractivity (Wildman–Crippen MR) is 43.1 cm³/mol. The van der Waals surface area contributed by atoms with E-state index in [0.29, 0.717) is 0 Å². The van der Waals surface area contributed by atoms with Crippen LogP contribution in [0.4, 0.5) is 10.7 Å². The summed E-state index contributed by atoms with van der Waals surface area (Å²) in [5.74, 6) is 0.170. The number of carbonyl (C=O) groups excluding carboxylic acids is 1. The molecule has 0 saturated carbocycles. The summed E-state index contributed by atoms with van der Waals surface area (Å²) in [6.45, 7) is 0. The van der Waals surface area contributed by atoms with E-state index in [9.17, 15) is 4.79 Å². The molecule has 0 radical (unpaired) electrons. The summed E-state index contributed by atoms with van der Waals surface area (Å²) in [6.07, 6.45) is 2.99. The fraction of sp³-hybridized carbons (Fsp3) is 0. The molecule has 0 bridgehead atoms. The number of amides is 2. The summed E-state index contributed by atoms with van der Waals surface area (Å²) in [4.78, 5) is 18.0. The maximum absolute atomic E-state index is 10.5. The molecule has 0 saturated heterocycles. The normalized spacial score (nSPS) is 9.18. The first-order valence-corrected chi connectivity index (χ1v) is 3.17. The maximum Gasteiger partial charge on any atom is 0.331 e. The van der Waals surface area contributed by atoms with Gasteiger partial charge >= 0.3 is 6.03 Å². The van der Waals surface area contributed by atoms with Crippen molar-refractivity contribution in [2.45, 2.75) is 0 Å². The number of nitrogens with zero attached hydrogens (tertiary/aromatic N) is 3. The first kappa shape index (κ1) is 7.80. The molecule has 0 aliphatic rings. The number of carbonyl (C=O) groups is 1. The van der Waals surface area contributed by atoms with Gasteiger partial charge in [0.1, 0.15) is 0 Å². The van der Waals surface area contributed by atoms with Crippen molar-refractivity contribution in [3.63, 3.8) is 0 Å². The molecule has 1 heterocycles. The van der Waals surface area contributed by atoms with Crippen molar-refractivity contribution in [1.29, 1.82) is 0 Å². The van der Waals surface area contributed by atoms with Gasteiger partial charge in [0.2, 0.25) is 5.95 Å². The van der Waals surface area contributed by atoms with Gasteiger partial charge in [-0.15, -0.1) is 0 Å². The Labute approximate surface area is 68.8 Å². The number of thiol groups is 1. The van der Waals surface area contributed by atoms with E-state index >= 15 is 0 Å². The van der Waals surface area contributed by atoms with Crippen molar-refractivity contribution < 1.29 is 4.79 Å². The molecule has 0 fully saturated rings. The molecule has 0 aromatic carbocycles. The number of primary amides is 1. The van der Waals surface area contributed by atoms with Crippen LogP contribution in [0.3, 0.4) is 0 Å². The number of anilines is 1. The largest absolute Gasteiger partial charge is 0.350 e. The van der Waals surface area contributed by atoms with E-state index in [4.69, 9.17) is 5.73 Å². The molecule has 6 heteroatoms. The molecule has 5 nitrogen and oxygen atoms in total. The molecule has 0 spiro atoms. The van der Waals surface area contributed by atoms with Crippen LogP contribution in [0.2, 0.25) is 0 Å². The van der Waals surface area contributed by atoms with Crippen molar-refractivity contribution in [3.05, 3.63) is 18.5 Å². The minimum atomic E-state index is -0.709. The average Bonchev–Trinajstić information content (AvgIpc) is 2.05. The summed E-state index contributed by atoms with van der Waals surface area (Å²) < 4.78 is 0.861. The Kier molecular flexibility index (Phi) is 2.27. The minimum absolute atomic E-state index is 0.170. The highest BCUT2D eigenvalue weighted by molar-refractivity contribution is 7.82. The summed E-state index contributed by atoms with van der Waals surface area (Å²) in [5.41, 5.74) is 4.90. The Balaban J connectivity index is 2.85. The van der Waals surface area contributed by atoms with Gasteiger partial charge in [0, 0.05) is 12.4 Å². The summed E-state index contributed by atoms with van der Waals surface area (Å²) in [7, 11) is 0. The van der Waals surface area contributed by atoms with E-state index in [1.807, 2.05) is 0 Å². The van der Waals surface area contributed by atoms with E-state index in [1.54, 1.807) is 6.07 Å². The molecule has 0 aliphatic carbocycles. The molecule has 0 aliphatic heterocycles. The van der Waals surface area contributed by atoms with Gasteiger partial charge in [-0.25, -0.2) is 19.1 Å². The number of hydrogen-bond donors (Lipinski definition) is 2. The van der Waals surface area contributed by atoms with Crippen molar-refractivity contribution >= 4 is 24.8 Å². The van der Waals surface area contributed by atoms with Gasteiger partial charge in [-0.1, -0.05) is 12.8 Å². The molecule has 2 amide bonds. The average molecular weight is 170 g/mol. The first-order valence-electron chi connectivity index (χ1n) is 2.77. The third-order valence-electron chi connectivity index (χ3n) is 0.950. The molecule has 2 N–H and O–H groups in total. The monoisotopic (exact) mass is 170 g/mol. The van der Waals surface area contributed by atoms with Crippen LogP contribution < -0.4 is 10.0 Å². The predicted octanol–water partition coefficient (Wildman–Crippen LogP) is 0.207.